The molecule has 1 heterocycles. The number of aromatic nitrogens is 2. The molecule has 17 heavy (non-hydrogen) atoms. The van der Waals surface area contributed by atoms with Crippen LogP contribution in [0.15, 0.2) is 30.3 Å². The summed E-state index contributed by atoms with van der Waals surface area (Å²) in [6.45, 7) is 0. The van der Waals surface area contributed by atoms with Crippen LogP contribution in [0.2, 0.25) is 5.02 Å². The van der Waals surface area contributed by atoms with Gasteiger partial charge in [-0.3, -0.25) is 14.7 Å². The number of amides is 1. The normalized spacial score (nSPS) is 10.2. The average molecular weight is 252 g/mol. The Bertz CT molecular complexity index is 539. The fourth-order valence-corrected chi connectivity index (χ4v) is 1.63. The number of H-pyrrole nitrogens is 1. The lowest BCUT2D eigenvalue weighted by molar-refractivity contribution is 0.0532. The van der Waals surface area contributed by atoms with E-state index in [1.54, 1.807) is 12.1 Å². The van der Waals surface area contributed by atoms with Crippen LogP contribution in [0.5, 0.6) is 0 Å². The Morgan fingerprint density at radius 3 is 2.94 bits per heavy atom. The number of nitrogens with one attached hydrogen (secondary N) is 2. The van der Waals surface area contributed by atoms with Crippen LogP contribution in [0.4, 0.5) is 0 Å². The third-order valence-corrected chi connectivity index (χ3v) is 2.50. The Morgan fingerprint density at radius 2 is 2.24 bits per heavy atom. The zero-order valence-electron chi connectivity index (χ0n) is 9.03. The summed E-state index contributed by atoms with van der Waals surface area (Å²) < 4.78 is 0. The molecule has 0 saturated carbocycles. The van der Waals surface area contributed by atoms with Crippen LogP contribution in [0, 0.1) is 0 Å². The molecule has 2 N–H and O–H groups in total. The van der Waals surface area contributed by atoms with Crippen molar-refractivity contribution in [1.82, 2.24) is 15.7 Å². The summed E-state index contributed by atoms with van der Waals surface area (Å²) in [7, 11) is 1.36. The van der Waals surface area contributed by atoms with E-state index in [0.717, 1.165) is 5.56 Å². The first-order chi connectivity index (χ1) is 8.22. The molecule has 0 spiro atoms. The molecule has 0 aliphatic carbocycles. The van der Waals surface area contributed by atoms with Crippen molar-refractivity contribution in [2.45, 2.75) is 0 Å². The zero-order valence-corrected chi connectivity index (χ0v) is 9.78. The quantitative estimate of drug-likeness (QED) is 0.820. The highest BCUT2D eigenvalue weighted by atomic mass is 35.5. The summed E-state index contributed by atoms with van der Waals surface area (Å²) in [5, 5.41) is 7.22. The third-order valence-electron chi connectivity index (χ3n) is 2.17. The molecule has 1 aromatic carbocycles. The Hall–Kier alpha value is -1.85. The van der Waals surface area contributed by atoms with Gasteiger partial charge in [0.25, 0.3) is 5.91 Å². The molecule has 0 unspecified atom stereocenters. The Balaban J connectivity index is 2.30. The maximum Gasteiger partial charge on any atom is 0.292 e. The second-order valence-corrected chi connectivity index (χ2v) is 3.69. The molecular weight excluding hydrogens is 242 g/mol. The van der Waals surface area contributed by atoms with Gasteiger partial charge in [-0.2, -0.15) is 5.10 Å². The van der Waals surface area contributed by atoms with Crippen LogP contribution in [0.25, 0.3) is 11.3 Å². The zero-order chi connectivity index (χ0) is 12.3. The van der Waals surface area contributed by atoms with Gasteiger partial charge in [0.15, 0.2) is 0 Å². The lowest BCUT2D eigenvalue weighted by Gasteiger charge is -1.98. The fourth-order valence-electron chi connectivity index (χ4n) is 1.39. The summed E-state index contributed by atoms with van der Waals surface area (Å²) in [6.07, 6.45) is 0. The molecule has 0 bridgehead atoms. The first-order valence-corrected chi connectivity index (χ1v) is 5.24. The maximum atomic E-state index is 11.4. The van der Waals surface area contributed by atoms with Crippen molar-refractivity contribution in [2.24, 2.45) is 0 Å². The van der Waals surface area contributed by atoms with E-state index < -0.39 is 5.91 Å². The van der Waals surface area contributed by atoms with Gasteiger partial charge in [-0.05, 0) is 12.1 Å². The van der Waals surface area contributed by atoms with Gasteiger partial charge in [0.1, 0.15) is 5.69 Å². The second-order valence-electron chi connectivity index (χ2n) is 3.28. The number of rotatable bonds is 3. The summed E-state index contributed by atoms with van der Waals surface area (Å²) in [5.74, 6) is -0.390. The summed E-state index contributed by atoms with van der Waals surface area (Å²) >= 11 is 6.03. The number of carbonyl (C=O) groups is 1. The molecule has 0 fully saturated rings. The van der Waals surface area contributed by atoms with Crippen LogP contribution >= 0.6 is 11.6 Å². The smallest absolute Gasteiger partial charge is 0.277 e. The molecule has 88 valence electrons. The molecule has 0 atom stereocenters. The summed E-state index contributed by atoms with van der Waals surface area (Å²) in [6, 6.07) is 8.88. The van der Waals surface area contributed by atoms with Gasteiger partial charge in [-0.25, -0.2) is 5.48 Å². The van der Waals surface area contributed by atoms with Crippen molar-refractivity contribution in [3.8, 4) is 11.3 Å². The van der Waals surface area contributed by atoms with E-state index in [1.165, 1.54) is 7.11 Å². The van der Waals surface area contributed by atoms with Gasteiger partial charge in [0, 0.05) is 5.56 Å². The fraction of sp³-hybridized carbons (Fsp3) is 0.0909. The second kappa shape index (κ2) is 4.99. The largest absolute Gasteiger partial charge is 0.292 e. The number of aromatic amines is 1. The van der Waals surface area contributed by atoms with Crippen molar-refractivity contribution >= 4 is 17.5 Å². The van der Waals surface area contributed by atoms with Crippen LogP contribution in [-0.4, -0.2) is 23.2 Å². The molecule has 0 aliphatic rings. The lowest BCUT2D eigenvalue weighted by Crippen LogP contribution is -2.22. The Kier molecular flexibility index (Phi) is 3.41. The van der Waals surface area contributed by atoms with Gasteiger partial charge in [-0.1, -0.05) is 29.8 Å². The minimum absolute atomic E-state index is 0.307. The van der Waals surface area contributed by atoms with Crippen molar-refractivity contribution in [3.05, 3.63) is 41.0 Å². The molecule has 1 aromatic heterocycles. The molecule has 5 nitrogen and oxygen atoms in total. The summed E-state index contributed by atoms with van der Waals surface area (Å²) in [4.78, 5) is 16.0. The number of hydroxylamine groups is 1. The van der Waals surface area contributed by atoms with Gasteiger partial charge in [-0.15, -0.1) is 0 Å². The van der Waals surface area contributed by atoms with E-state index >= 15 is 0 Å². The summed E-state index contributed by atoms with van der Waals surface area (Å²) in [5.41, 5.74) is 3.88. The first kappa shape index (κ1) is 11.6. The molecule has 0 radical (unpaired) electrons. The average Bonchev–Trinajstić information content (AvgIpc) is 2.79. The van der Waals surface area contributed by atoms with Crippen LogP contribution < -0.4 is 5.48 Å². The number of halogens is 1. The van der Waals surface area contributed by atoms with Gasteiger partial charge in [0.05, 0.1) is 17.8 Å². The van der Waals surface area contributed by atoms with Crippen molar-refractivity contribution in [2.75, 3.05) is 7.11 Å². The Morgan fingerprint density at radius 1 is 1.47 bits per heavy atom. The van der Waals surface area contributed by atoms with E-state index in [0.29, 0.717) is 16.4 Å². The number of carbonyl (C=O) groups excluding carboxylic acids is 1. The van der Waals surface area contributed by atoms with Crippen LogP contribution in [0.1, 0.15) is 10.5 Å². The molecule has 1 amide bonds. The van der Waals surface area contributed by atoms with Gasteiger partial charge in [0.2, 0.25) is 0 Å². The Labute approximate surface area is 103 Å². The minimum Gasteiger partial charge on any atom is -0.277 e. The molecule has 6 heteroatoms. The number of hydrogen-bond acceptors (Lipinski definition) is 3. The van der Waals surface area contributed by atoms with E-state index in [4.69, 9.17) is 11.6 Å². The van der Waals surface area contributed by atoms with Crippen molar-refractivity contribution < 1.29 is 9.63 Å². The standard InChI is InChI=1S/C11H10ClN3O2/c1-17-15-11(16)10-6-9(13-14-10)7-4-2-3-5-8(7)12/h2-6H,1H3,(H,13,14)(H,15,16). The first-order valence-electron chi connectivity index (χ1n) is 4.86. The van der Waals surface area contributed by atoms with Crippen LogP contribution in [-0.2, 0) is 4.84 Å². The number of hydrogen-bond donors (Lipinski definition) is 2. The maximum absolute atomic E-state index is 11.4. The van der Waals surface area contributed by atoms with E-state index in [2.05, 4.69) is 20.5 Å². The van der Waals surface area contributed by atoms with Crippen molar-refractivity contribution in [1.29, 1.82) is 0 Å². The van der Waals surface area contributed by atoms with E-state index in [1.807, 2.05) is 18.2 Å². The third kappa shape index (κ3) is 2.46. The number of nitrogens with zero attached hydrogens (tertiary/aromatic N) is 1. The molecule has 0 aliphatic heterocycles. The highest BCUT2D eigenvalue weighted by Gasteiger charge is 2.12. The van der Waals surface area contributed by atoms with Gasteiger partial charge < -0.3 is 0 Å². The minimum atomic E-state index is -0.390. The molecule has 2 aromatic rings. The van der Waals surface area contributed by atoms with Crippen LogP contribution in [0.3, 0.4) is 0 Å². The number of benzene rings is 1. The molecule has 2 rings (SSSR count). The molecular formula is C11H10ClN3O2. The monoisotopic (exact) mass is 251 g/mol. The van der Waals surface area contributed by atoms with E-state index in [9.17, 15) is 4.79 Å². The lowest BCUT2D eigenvalue weighted by atomic mass is 10.1. The predicted octanol–water partition coefficient (Wildman–Crippen LogP) is 2.02. The van der Waals surface area contributed by atoms with Crippen molar-refractivity contribution in [3.63, 3.8) is 0 Å². The highest BCUT2D eigenvalue weighted by Crippen LogP contribution is 2.25. The van der Waals surface area contributed by atoms with Gasteiger partial charge >= 0.3 is 0 Å². The van der Waals surface area contributed by atoms with E-state index in [-0.39, 0.29) is 0 Å². The molecule has 0 saturated heterocycles. The topological polar surface area (TPSA) is 67.0 Å². The predicted molar refractivity (Wildman–Crippen MR) is 63.5 cm³/mol. The SMILES string of the molecule is CONC(=O)c1cc(-c2ccccc2Cl)n[nH]1. The highest BCUT2D eigenvalue weighted by molar-refractivity contribution is 6.33.